The van der Waals surface area contributed by atoms with Gasteiger partial charge in [-0.25, -0.2) is 0 Å². The average Bonchev–Trinajstić information content (AvgIpc) is 2.45. The lowest BCUT2D eigenvalue weighted by Crippen LogP contribution is -2.43. The lowest BCUT2D eigenvalue weighted by molar-refractivity contribution is -0.121. The Bertz CT molecular complexity index is 411. The van der Waals surface area contributed by atoms with Gasteiger partial charge in [0.05, 0.1) is 6.10 Å². The summed E-state index contributed by atoms with van der Waals surface area (Å²) in [5.74, 6) is 0.180. The third-order valence-corrected chi connectivity index (χ3v) is 9.80. The summed E-state index contributed by atoms with van der Waals surface area (Å²) < 4.78 is 6.59. The van der Waals surface area contributed by atoms with Gasteiger partial charge in [-0.3, -0.25) is 4.79 Å². The molecule has 0 N–H and O–H groups in total. The van der Waals surface area contributed by atoms with Crippen LogP contribution in [-0.2, 0) is 9.22 Å². The molecule has 0 aliphatic rings. The van der Waals surface area contributed by atoms with Crippen molar-refractivity contribution in [1.82, 2.24) is 0 Å². The van der Waals surface area contributed by atoms with Gasteiger partial charge in [-0.05, 0) is 30.6 Å². The van der Waals surface area contributed by atoms with E-state index in [-0.39, 0.29) is 22.3 Å². The fourth-order valence-corrected chi connectivity index (χ4v) is 3.63. The van der Waals surface area contributed by atoms with Gasteiger partial charge in [0, 0.05) is 5.41 Å². The zero-order valence-corrected chi connectivity index (χ0v) is 19.5. The van der Waals surface area contributed by atoms with Crippen LogP contribution in [0.4, 0.5) is 0 Å². The quantitative estimate of drug-likeness (QED) is 0.217. The van der Waals surface area contributed by atoms with Crippen LogP contribution < -0.4 is 0 Å². The lowest BCUT2D eigenvalue weighted by atomic mass is 9.90. The molecule has 0 saturated heterocycles. The molecule has 0 spiro atoms. The monoisotopic (exact) mass is 368 g/mol. The van der Waals surface area contributed by atoms with Crippen molar-refractivity contribution in [2.45, 2.75) is 118 Å². The topological polar surface area (TPSA) is 26.3 Å². The minimum atomic E-state index is -1.83. The van der Waals surface area contributed by atoms with E-state index in [4.69, 9.17) is 4.43 Å². The molecule has 148 valence electrons. The maximum absolute atomic E-state index is 12.2. The van der Waals surface area contributed by atoms with E-state index in [1.165, 1.54) is 38.5 Å². The van der Waals surface area contributed by atoms with E-state index in [2.05, 4.69) is 40.8 Å². The summed E-state index contributed by atoms with van der Waals surface area (Å²) in [6.45, 7) is 19.5. The Morgan fingerprint density at radius 3 is 1.96 bits per heavy atom. The van der Waals surface area contributed by atoms with Crippen molar-refractivity contribution >= 4 is 14.1 Å². The second kappa shape index (κ2) is 10.7. The summed E-state index contributed by atoms with van der Waals surface area (Å²) in [5.41, 5.74) is -0.321. The molecule has 0 radical (unpaired) electrons. The van der Waals surface area contributed by atoms with Gasteiger partial charge < -0.3 is 4.43 Å². The van der Waals surface area contributed by atoms with E-state index < -0.39 is 8.32 Å². The standard InChI is InChI=1S/C22H44O2Si/c1-10-11-12-13-14-15-16-19(17-18-20(23)21(2,3)4)24-25(8,9)22(5,6)7/h17-19H,10-16H2,1-9H3/b18-17+/t19-/m0/s1. The van der Waals surface area contributed by atoms with Crippen molar-refractivity contribution in [3.05, 3.63) is 12.2 Å². The second-order valence-electron chi connectivity index (χ2n) is 9.95. The first kappa shape index (κ1) is 24.6. The van der Waals surface area contributed by atoms with Crippen molar-refractivity contribution in [3.63, 3.8) is 0 Å². The molecule has 0 bridgehead atoms. The molecule has 1 atom stereocenters. The summed E-state index contributed by atoms with van der Waals surface area (Å²) in [7, 11) is -1.83. The number of rotatable bonds is 11. The first-order valence-electron chi connectivity index (χ1n) is 10.2. The SMILES string of the molecule is CCCCCCCC[C@@H](/C=C/C(=O)C(C)(C)C)O[Si](C)(C)C(C)(C)C. The van der Waals surface area contributed by atoms with Crippen LogP contribution in [0.25, 0.3) is 0 Å². The molecule has 0 aliphatic heterocycles. The fraction of sp³-hybridized carbons (Fsp3) is 0.864. The zero-order chi connectivity index (χ0) is 19.7. The van der Waals surface area contributed by atoms with E-state index in [0.29, 0.717) is 0 Å². The van der Waals surface area contributed by atoms with Gasteiger partial charge in [0.1, 0.15) is 0 Å². The molecule has 0 heterocycles. The highest BCUT2D eigenvalue weighted by atomic mass is 28.4. The molecule has 0 aromatic heterocycles. The summed E-state index contributed by atoms with van der Waals surface area (Å²) in [5, 5.41) is 0.189. The van der Waals surface area contributed by atoms with Crippen LogP contribution in [0.2, 0.25) is 18.1 Å². The smallest absolute Gasteiger partial charge is 0.192 e. The largest absolute Gasteiger partial charge is 0.411 e. The molecule has 0 rings (SSSR count). The number of hydrogen-bond donors (Lipinski definition) is 0. The molecule has 0 amide bonds. The van der Waals surface area contributed by atoms with Gasteiger partial charge in [0.25, 0.3) is 0 Å². The highest BCUT2D eigenvalue weighted by molar-refractivity contribution is 6.74. The Morgan fingerprint density at radius 1 is 0.960 bits per heavy atom. The summed E-state index contributed by atoms with van der Waals surface area (Å²) in [6, 6.07) is 0. The molecule has 0 aliphatic carbocycles. The number of carbonyl (C=O) groups is 1. The minimum absolute atomic E-state index is 0.0679. The van der Waals surface area contributed by atoms with Gasteiger partial charge >= 0.3 is 0 Å². The van der Waals surface area contributed by atoms with Gasteiger partial charge in [0.15, 0.2) is 14.1 Å². The van der Waals surface area contributed by atoms with Gasteiger partial charge in [0.2, 0.25) is 0 Å². The number of carbonyl (C=O) groups excluding carboxylic acids is 1. The van der Waals surface area contributed by atoms with Crippen LogP contribution in [-0.4, -0.2) is 20.2 Å². The van der Waals surface area contributed by atoms with E-state index in [1.54, 1.807) is 6.08 Å². The number of ketones is 1. The van der Waals surface area contributed by atoms with Gasteiger partial charge in [-0.1, -0.05) is 93.1 Å². The highest BCUT2D eigenvalue weighted by Crippen LogP contribution is 2.38. The van der Waals surface area contributed by atoms with E-state index >= 15 is 0 Å². The maximum Gasteiger partial charge on any atom is 0.192 e. The van der Waals surface area contributed by atoms with Crippen LogP contribution in [0.5, 0.6) is 0 Å². The normalized spacial score (nSPS) is 14.9. The Hall–Kier alpha value is -0.413. The maximum atomic E-state index is 12.2. The van der Waals surface area contributed by atoms with Crippen LogP contribution in [0.3, 0.4) is 0 Å². The third kappa shape index (κ3) is 10.4. The molecule has 25 heavy (non-hydrogen) atoms. The molecule has 3 heteroatoms. The van der Waals surface area contributed by atoms with Crippen LogP contribution in [0.1, 0.15) is 93.4 Å². The molecule has 2 nitrogen and oxygen atoms in total. The van der Waals surface area contributed by atoms with Crippen LogP contribution >= 0.6 is 0 Å². The number of hydrogen-bond acceptors (Lipinski definition) is 2. The van der Waals surface area contributed by atoms with Crippen molar-refractivity contribution in [2.75, 3.05) is 0 Å². The van der Waals surface area contributed by atoms with Crippen LogP contribution in [0, 0.1) is 5.41 Å². The minimum Gasteiger partial charge on any atom is -0.411 e. The molecule has 0 aromatic rings. The molecule has 0 saturated carbocycles. The first-order valence-corrected chi connectivity index (χ1v) is 13.1. The molecular weight excluding hydrogens is 324 g/mol. The molecule has 0 unspecified atom stereocenters. The Balaban J connectivity index is 4.83. The number of unbranched alkanes of at least 4 members (excludes halogenated alkanes) is 5. The van der Waals surface area contributed by atoms with E-state index in [1.807, 2.05) is 26.8 Å². The summed E-state index contributed by atoms with van der Waals surface area (Å²) >= 11 is 0. The third-order valence-electron chi connectivity index (χ3n) is 5.30. The lowest BCUT2D eigenvalue weighted by Gasteiger charge is -2.38. The zero-order valence-electron chi connectivity index (χ0n) is 18.5. The van der Waals surface area contributed by atoms with E-state index in [0.717, 1.165) is 6.42 Å². The Labute approximate surface area is 158 Å². The van der Waals surface area contributed by atoms with E-state index in [9.17, 15) is 4.79 Å². The van der Waals surface area contributed by atoms with Crippen LogP contribution in [0.15, 0.2) is 12.2 Å². The molecular formula is C22H44O2Si. The Kier molecular flexibility index (Phi) is 10.5. The van der Waals surface area contributed by atoms with Crippen molar-refractivity contribution < 1.29 is 9.22 Å². The second-order valence-corrected chi connectivity index (χ2v) is 14.7. The van der Waals surface area contributed by atoms with Crippen molar-refractivity contribution in [2.24, 2.45) is 5.41 Å². The molecule has 0 aromatic carbocycles. The Morgan fingerprint density at radius 2 is 1.48 bits per heavy atom. The summed E-state index contributed by atoms with van der Waals surface area (Å²) in [4.78, 5) is 12.2. The van der Waals surface area contributed by atoms with Gasteiger partial charge in [-0.15, -0.1) is 0 Å². The van der Waals surface area contributed by atoms with Crippen molar-refractivity contribution in [1.29, 1.82) is 0 Å². The van der Waals surface area contributed by atoms with Crippen molar-refractivity contribution in [3.8, 4) is 0 Å². The average molecular weight is 369 g/mol. The summed E-state index contributed by atoms with van der Waals surface area (Å²) in [6.07, 6.45) is 12.6. The fourth-order valence-electron chi connectivity index (χ4n) is 2.32. The first-order chi connectivity index (χ1) is 11.3. The van der Waals surface area contributed by atoms with Gasteiger partial charge in [-0.2, -0.15) is 0 Å². The predicted octanol–water partition coefficient (Wildman–Crippen LogP) is 7.30. The molecule has 0 fully saturated rings. The predicted molar refractivity (Wildman–Crippen MR) is 114 cm³/mol. The number of allylic oxidation sites excluding steroid dienone is 1. The highest BCUT2D eigenvalue weighted by Gasteiger charge is 2.38.